The van der Waals surface area contributed by atoms with Crippen LogP contribution in [0.3, 0.4) is 0 Å². The summed E-state index contributed by atoms with van der Waals surface area (Å²) < 4.78 is 10.9. The minimum Gasteiger partial charge on any atom is -0.444 e. The molecule has 0 radical (unpaired) electrons. The maximum Gasteiger partial charge on any atom is 0.410 e. The van der Waals surface area contributed by atoms with Crippen molar-refractivity contribution in [2.75, 3.05) is 6.54 Å². The molecule has 1 rings (SSSR count). The Hall–Kier alpha value is -1.79. The molecule has 1 fully saturated rings. The highest BCUT2D eigenvalue weighted by Crippen LogP contribution is 2.24. The van der Waals surface area contributed by atoms with Gasteiger partial charge in [0.15, 0.2) is 5.78 Å². The van der Waals surface area contributed by atoms with Crippen molar-refractivity contribution in [3.8, 4) is 0 Å². The summed E-state index contributed by atoms with van der Waals surface area (Å²) in [5, 5.41) is 2.65. The standard InChI is InChI=1S/C28H52N2O5/c1-8-9-10-11-12-13-14-15-16-17-18-19-22-20-24(31)23(29-25(32)34-27(2,3)4)21-30(22)26(33)35-28(5,6)7/h22-23H,8-21H2,1-7H3,(H,29,32)/t22-,23+/m1/s1. The van der Waals surface area contributed by atoms with Crippen LogP contribution in [-0.4, -0.2) is 52.7 Å². The molecule has 35 heavy (non-hydrogen) atoms. The summed E-state index contributed by atoms with van der Waals surface area (Å²) in [5.41, 5.74) is -1.29. The number of nitrogens with one attached hydrogen (secondary N) is 1. The van der Waals surface area contributed by atoms with Crippen LogP contribution in [-0.2, 0) is 14.3 Å². The molecule has 1 heterocycles. The van der Waals surface area contributed by atoms with Crippen LogP contribution in [0.25, 0.3) is 0 Å². The average Bonchev–Trinajstić information content (AvgIpc) is 2.71. The van der Waals surface area contributed by atoms with E-state index in [0.29, 0.717) is 0 Å². The summed E-state index contributed by atoms with van der Waals surface area (Å²) in [4.78, 5) is 39.6. The van der Waals surface area contributed by atoms with Crippen molar-refractivity contribution in [3.63, 3.8) is 0 Å². The number of piperidine rings is 1. The van der Waals surface area contributed by atoms with Crippen LogP contribution in [0.4, 0.5) is 9.59 Å². The van der Waals surface area contributed by atoms with Crippen LogP contribution in [0.5, 0.6) is 0 Å². The number of ketones is 1. The Bertz CT molecular complexity index is 651. The van der Waals surface area contributed by atoms with Crippen molar-refractivity contribution in [2.45, 2.75) is 155 Å². The number of hydrogen-bond donors (Lipinski definition) is 1. The molecule has 0 bridgehead atoms. The average molecular weight is 497 g/mol. The molecule has 1 saturated heterocycles. The molecule has 0 spiro atoms. The number of alkyl carbamates (subject to hydrolysis) is 1. The van der Waals surface area contributed by atoms with Gasteiger partial charge in [0.1, 0.15) is 17.2 Å². The lowest BCUT2D eigenvalue weighted by Gasteiger charge is -2.39. The van der Waals surface area contributed by atoms with E-state index in [9.17, 15) is 14.4 Å². The molecule has 1 aliphatic heterocycles. The van der Waals surface area contributed by atoms with Gasteiger partial charge >= 0.3 is 12.2 Å². The highest BCUT2D eigenvalue weighted by atomic mass is 16.6. The van der Waals surface area contributed by atoms with Crippen LogP contribution >= 0.6 is 0 Å². The zero-order valence-corrected chi connectivity index (χ0v) is 23.5. The molecule has 1 N–H and O–H groups in total. The largest absolute Gasteiger partial charge is 0.444 e. The van der Waals surface area contributed by atoms with E-state index in [2.05, 4.69) is 12.2 Å². The van der Waals surface area contributed by atoms with Crippen molar-refractivity contribution in [1.29, 1.82) is 0 Å². The molecule has 7 heteroatoms. The fraction of sp³-hybridized carbons (Fsp3) is 0.893. The van der Waals surface area contributed by atoms with Gasteiger partial charge in [0.05, 0.1) is 6.54 Å². The molecule has 0 aliphatic carbocycles. The van der Waals surface area contributed by atoms with Gasteiger partial charge in [0.25, 0.3) is 0 Å². The molecule has 0 aromatic carbocycles. The van der Waals surface area contributed by atoms with Gasteiger partial charge in [-0.25, -0.2) is 9.59 Å². The number of rotatable bonds is 13. The van der Waals surface area contributed by atoms with Crippen molar-refractivity contribution in [2.24, 2.45) is 0 Å². The van der Waals surface area contributed by atoms with Crippen LogP contribution < -0.4 is 5.32 Å². The Morgan fingerprint density at radius 3 is 1.80 bits per heavy atom. The summed E-state index contributed by atoms with van der Waals surface area (Å²) >= 11 is 0. The predicted octanol–water partition coefficient (Wildman–Crippen LogP) is 7.16. The second-order valence-electron chi connectivity index (χ2n) is 12.0. The van der Waals surface area contributed by atoms with Crippen molar-refractivity contribution >= 4 is 18.0 Å². The maximum absolute atomic E-state index is 12.9. The lowest BCUT2D eigenvalue weighted by atomic mass is 9.93. The molecule has 2 amide bonds. The third-order valence-electron chi connectivity index (χ3n) is 6.11. The SMILES string of the molecule is CCCCCCCCCCCCC[C@@H]1CC(=O)[C@@H](NC(=O)OC(C)(C)C)CN1C(=O)OC(C)(C)C. The molecule has 204 valence electrons. The zero-order valence-electron chi connectivity index (χ0n) is 23.5. The molecule has 0 saturated carbocycles. The first-order chi connectivity index (χ1) is 16.3. The summed E-state index contributed by atoms with van der Waals surface area (Å²) in [6.07, 6.45) is 13.7. The maximum atomic E-state index is 12.9. The molecule has 0 aromatic rings. The number of Topliss-reactive ketones (excluding diaryl/α,β-unsaturated/α-hetero) is 1. The fourth-order valence-electron chi connectivity index (χ4n) is 4.35. The molecule has 7 nitrogen and oxygen atoms in total. The van der Waals surface area contributed by atoms with Gasteiger partial charge < -0.3 is 19.7 Å². The Morgan fingerprint density at radius 1 is 0.829 bits per heavy atom. The van der Waals surface area contributed by atoms with E-state index >= 15 is 0 Å². The lowest BCUT2D eigenvalue weighted by Crippen LogP contribution is -2.59. The van der Waals surface area contributed by atoms with Gasteiger partial charge in [0, 0.05) is 12.5 Å². The van der Waals surface area contributed by atoms with Gasteiger partial charge in [-0.05, 0) is 48.0 Å². The number of carbonyl (C=O) groups is 3. The number of nitrogens with zero attached hydrogens (tertiary/aromatic N) is 1. The number of likely N-dealkylation sites (tertiary alicyclic amines) is 1. The normalized spacial score (nSPS) is 18.9. The number of unbranched alkanes of at least 4 members (excludes halogenated alkanes) is 10. The number of carbonyl (C=O) groups excluding carboxylic acids is 3. The minimum atomic E-state index is -0.786. The van der Waals surface area contributed by atoms with Crippen molar-refractivity contribution in [1.82, 2.24) is 10.2 Å². The minimum absolute atomic E-state index is 0.0660. The Kier molecular flexibility index (Phi) is 13.7. The Morgan fingerprint density at radius 2 is 1.31 bits per heavy atom. The fourth-order valence-corrected chi connectivity index (χ4v) is 4.35. The second kappa shape index (κ2) is 15.4. The number of hydrogen-bond acceptors (Lipinski definition) is 5. The second-order valence-corrected chi connectivity index (χ2v) is 12.0. The first kappa shape index (κ1) is 31.2. The highest BCUT2D eigenvalue weighted by molar-refractivity contribution is 5.90. The van der Waals surface area contributed by atoms with Gasteiger partial charge in [-0.3, -0.25) is 4.79 Å². The van der Waals surface area contributed by atoms with Gasteiger partial charge in [-0.15, -0.1) is 0 Å². The predicted molar refractivity (Wildman–Crippen MR) is 141 cm³/mol. The van der Waals surface area contributed by atoms with E-state index in [1.807, 2.05) is 20.8 Å². The van der Waals surface area contributed by atoms with E-state index in [1.54, 1.807) is 25.7 Å². The molecular formula is C28H52N2O5. The summed E-state index contributed by atoms with van der Waals surface area (Å²) in [5.74, 6) is -0.0660. The van der Waals surface area contributed by atoms with E-state index in [-0.39, 0.29) is 24.8 Å². The van der Waals surface area contributed by atoms with Gasteiger partial charge in [-0.2, -0.15) is 0 Å². The van der Waals surface area contributed by atoms with Crippen LogP contribution in [0, 0.1) is 0 Å². The lowest BCUT2D eigenvalue weighted by molar-refractivity contribution is -0.125. The van der Waals surface area contributed by atoms with E-state index in [0.717, 1.165) is 19.3 Å². The van der Waals surface area contributed by atoms with E-state index in [4.69, 9.17) is 9.47 Å². The molecule has 0 unspecified atom stereocenters. The third-order valence-corrected chi connectivity index (χ3v) is 6.11. The van der Waals surface area contributed by atoms with E-state index < -0.39 is 29.4 Å². The van der Waals surface area contributed by atoms with E-state index in [1.165, 1.54) is 57.8 Å². The molecular weight excluding hydrogens is 444 g/mol. The summed E-state index contributed by atoms with van der Waals surface area (Å²) in [6, 6.07) is -0.987. The highest BCUT2D eigenvalue weighted by Gasteiger charge is 2.39. The molecule has 1 aliphatic rings. The number of amides is 2. The van der Waals surface area contributed by atoms with Gasteiger partial charge in [-0.1, -0.05) is 77.6 Å². The van der Waals surface area contributed by atoms with Crippen LogP contribution in [0.2, 0.25) is 0 Å². The summed E-state index contributed by atoms with van der Waals surface area (Å²) in [6.45, 7) is 13.1. The van der Waals surface area contributed by atoms with Crippen LogP contribution in [0.15, 0.2) is 0 Å². The third kappa shape index (κ3) is 14.4. The summed E-state index contributed by atoms with van der Waals surface area (Å²) in [7, 11) is 0. The smallest absolute Gasteiger partial charge is 0.410 e. The molecule has 2 atom stereocenters. The van der Waals surface area contributed by atoms with Crippen molar-refractivity contribution in [3.05, 3.63) is 0 Å². The Balaban J connectivity index is 2.54. The Labute approximate surface area is 214 Å². The topological polar surface area (TPSA) is 84.9 Å². The first-order valence-corrected chi connectivity index (χ1v) is 13.8. The quantitative estimate of drug-likeness (QED) is 0.273. The number of ether oxygens (including phenoxy) is 2. The van der Waals surface area contributed by atoms with Gasteiger partial charge in [0.2, 0.25) is 0 Å². The van der Waals surface area contributed by atoms with Crippen LogP contribution in [0.1, 0.15) is 132 Å². The molecule has 0 aromatic heterocycles. The first-order valence-electron chi connectivity index (χ1n) is 13.8. The van der Waals surface area contributed by atoms with Crippen molar-refractivity contribution < 1.29 is 23.9 Å². The monoisotopic (exact) mass is 496 g/mol. The zero-order chi connectivity index (χ0) is 26.5.